The van der Waals surface area contributed by atoms with E-state index in [4.69, 9.17) is 18.9 Å². The number of hydrogen-bond donors (Lipinski definition) is 1. The lowest BCUT2D eigenvalue weighted by Gasteiger charge is -2.13. The molecule has 0 atom stereocenters. The van der Waals surface area contributed by atoms with Crippen molar-refractivity contribution in [3.63, 3.8) is 0 Å². The molecule has 1 N–H and O–H groups in total. The van der Waals surface area contributed by atoms with Crippen molar-refractivity contribution in [2.75, 3.05) is 28.4 Å². The summed E-state index contributed by atoms with van der Waals surface area (Å²) in [6, 6.07) is 5.50. The number of rotatable bonds is 8. The molecule has 0 saturated carbocycles. The van der Waals surface area contributed by atoms with Gasteiger partial charge in [-0.05, 0) is 29.8 Å². The van der Waals surface area contributed by atoms with Crippen LogP contribution < -0.4 is 18.9 Å². The number of phenolic OH excluding ortho intramolecular Hbond substituents is 1. The molecule has 0 heterocycles. The molecule has 0 amide bonds. The Bertz CT molecular complexity index is 911. The minimum Gasteiger partial charge on any atom is -0.500 e. The molecular weight excluding hydrogens is 370 g/mol. The van der Waals surface area contributed by atoms with Crippen LogP contribution in [0.5, 0.6) is 28.7 Å². The molecule has 0 fully saturated rings. The number of phenols is 1. The van der Waals surface area contributed by atoms with Gasteiger partial charge >= 0.3 is 5.69 Å². The third-order valence-electron chi connectivity index (χ3n) is 3.87. The van der Waals surface area contributed by atoms with E-state index in [2.05, 4.69) is 0 Å². The summed E-state index contributed by atoms with van der Waals surface area (Å²) >= 11 is 0. The Morgan fingerprint density at radius 3 is 2.00 bits per heavy atom. The highest BCUT2D eigenvalue weighted by Gasteiger charge is 2.19. The van der Waals surface area contributed by atoms with Gasteiger partial charge < -0.3 is 24.1 Å². The highest BCUT2D eigenvalue weighted by Crippen LogP contribution is 2.39. The fraction of sp³-hybridized carbons (Fsp3) is 0.211. The Morgan fingerprint density at radius 1 is 0.964 bits per heavy atom. The van der Waals surface area contributed by atoms with E-state index >= 15 is 0 Å². The number of nitrogens with zero attached hydrogens (tertiary/aromatic N) is 1. The van der Waals surface area contributed by atoms with Gasteiger partial charge in [0.25, 0.3) is 0 Å². The number of ether oxygens (including phenoxy) is 4. The van der Waals surface area contributed by atoms with Crippen molar-refractivity contribution in [3.8, 4) is 28.7 Å². The fourth-order valence-electron chi connectivity index (χ4n) is 2.50. The first kappa shape index (κ1) is 20.6. The van der Waals surface area contributed by atoms with Crippen LogP contribution in [-0.4, -0.2) is 44.3 Å². The number of carbonyl (C=O) groups is 1. The van der Waals surface area contributed by atoms with Gasteiger partial charge in [0.2, 0.25) is 11.5 Å². The van der Waals surface area contributed by atoms with Gasteiger partial charge in [-0.1, -0.05) is 6.08 Å². The van der Waals surface area contributed by atoms with E-state index in [0.29, 0.717) is 22.8 Å². The van der Waals surface area contributed by atoms with E-state index in [1.54, 1.807) is 0 Å². The highest BCUT2D eigenvalue weighted by molar-refractivity contribution is 6.07. The summed E-state index contributed by atoms with van der Waals surface area (Å²) < 4.78 is 20.6. The Labute approximate surface area is 160 Å². The van der Waals surface area contributed by atoms with Crippen LogP contribution in [0.25, 0.3) is 6.08 Å². The Kier molecular flexibility index (Phi) is 6.43. The number of nitro benzene ring substituents is 1. The molecule has 2 rings (SSSR count). The lowest BCUT2D eigenvalue weighted by molar-refractivity contribution is -0.386. The van der Waals surface area contributed by atoms with Gasteiger partial charge in [-0.2, -0.15) is 0 Å². The monoisotopic (exact) mass is 389 g/mol. The molecule has 0 aromatic heterocycles. The van der Waals surface area contributed by atoms with Crippen LogP contribution in [-0.2, 0) is 0 Å². The predicted octanol–water partition coefficient (Wildman–Crippen LogP) is 3.23. The average Bonchev–Trinajstić information content (AvgIpc) is 2.70. The molecule has 0 aliphatic carbocycles. The summed E-state index contributed by atoms with van der Waals surface area (Å²) in [7, 11) is 5.59. The average molecular weight is 389 g/mol. The predicted molar refractivity (Wildman–Crippen MR) is 101 cm³/mol. The summed E-state index contributed by atoms with van der Waals surface area (Å²) in [5.74, 6) is -0.0610. The van der Waals surface area contributed by atoms with Gasteiger partial charge in [0.05, 0.1) is 33.4 Å². The van der Waals surface area contributed by atoms with Crippen molar-refractivity contribution in [3.05, 3.63) is 51.6 Å². The minimum atomic E-state index is -0.740. The number of allylic oxidation sites excluding steroid dienone is 1. The highest BCUT2D eigenvalue weighted by atomic mass is 16.6. The molecule has 0 aliphatic rings. The molecule has 0 aliphatic heterocycles. The van der Waals surface area contributed by atoms with E-state index in [-0.39, 0.29) is 11.3 Å². The number of ketones is 1. The van der Waals surface area contributed by atoms with Crippen molar-refractivity contribution in [1.29, 1.82) is 0 Å². The van der Waals surface area contributed by atoms with Crippen molar-refractivity contribution in [2.45, 2.75) is 0 Å². The van der Waals surface area contributed by atoms with Crippen molar-refractivity contribution < 1.29 is 33.8 Å². The van der Waals surface area contributed by atoms with Crippen LogP contribution in [0.1, 0.15) is 15.9 Å². The van der Waals surface area contributed by atoms with Crippen LogP contribution in [0, 0.1) is 10.1 Å². The second kappa shape index (κ2) is 8.76. The molecule has 0 saturated heterocycles. The number of nitro groups is 1. The Balaban J connectivity index is 2.41. The molecule has 0 spiro atoms. The largest absolute Gasteiger partial charge is 0.500 e. The molecule has 2 aromatic carbocycles. The molecule has 28 heavy (non-hydrogen) atoms. The van der Waals surface area contributed by atoms with E-state index < -0.39 is 22.1 Å². The van der Waals surface area contributed by atoms with Gasteiger partial charge in [-0.15, -0.1) is 0 Å². The zero-order chi connectivity index (χ0) is 20.8. The SMILES string of the molecule is COc1cc(C=CC(=O)c2cc(OC)c(OC)c(OC)c2)cc([N+](=O)[O-])c1O. The number of carbonyl (C=O) groups excluding carboxylic acids is 1. The van der Waals surface area contributed by atoms with Crippen LogP contribution in [0.3, 0.4) is 0 Å². The Morgan fingerprint density at radius 2 is 1.54 bits per heavy atom. The maximum absolute atomic E-state index is 12.5. The van der Waals surface area contributed by atoms with Gasteiger partial charge in [0.1, 0.15) is 0 Å². The topological polar surface area (TPSA) is 117 Å². The smallest absolute Gasteiger partial charge is 0.315 e. The maximum Gasteiger partial charge on any atom is 0.315 e. The van der Waals surface area contributed by atoms with Gasteiger partial charge in [-0.25, -0.2) is 0 Å². The van der Waals surface area contributed by atoms with Crippen molar-refractivity contribution in [1.82, 2.24) is 0 Å². The van der Waals surface area contributed by atoms with E-state index in [1.807, 2.05) is 0 Å². The molecule has 9 heteroatoms. The van der Waals surface area contributed by atoms with Gasteiger partial charge in [0, 0.05) is 11.6 Å². The third kappa shape index (κ3) is 4.14. The van der Waals surface area contributed by atoms with Crippen LogP contribution in [0.4, 0.5) is 5.69 Å². The first-order chi connectivity index (χ1) is 13.4. The molecule has 0 unspecified atom stereocenters. The maximum atomic E-state index is 12.5. The second-order valence-electron chi connectivity index (χ2n) is 5.46. The normalized spacial score (nSPS) is 10.6. The van der Waals surface area contributed by atoms with Crippen LogP contribution in [0.15, 0.2) is 30.3 Å². The summed E-state index contributed by atoms with van der Waals surface area (Å²) in [4.78, 5) is 22.9. The Hall–Kier alpha value is -3.75. The quantitative estimate of drug-likeness (QED) is 0.316. The molecular formula is C19H19NO8. The third-order valence-corrected chi connectivity index (χ3v) is 3.87. The summed E-state index contributed by atoms with van der Waals surface area (Å²) in [5, 5.41) is 20.9. The summed E-state index contributed by atoms with van der Waals surface area (Å²) in [6.45, 7) is 0. The first-order valence-electron chi connectivity index (χ1n) is 7.94. The van der Waals surface area contributed by atoms with E-state index in [1.165, 1.54) is 58.8 Å². The number of methoxy groups -OCH3 is 4. The summed E-state index contributed by atoms with van der Waals surface area (Å²) in [6.07, 6.45) is 2.61. The van der Waals surface area contributed by atoms with Crippen molar-refractivity contribution >= 4 is 17.5 Å². The lowest BCUT2D eigenvalue weighted by Crippen LogP contribution is -2.00. The number of aromatic hydroxyl groups is 1. The zero-order valence-electron chi connectivity index (χ0n) is 15.7. The minimum absolute atomic E-state index is 0.0749. The molecule has 9 nitrogen and oxygen atoms in total. The fourth-order valence-corrected chi connectivity index (χ4v) is 2.50. The van der Waals surface area contributed by atoms with Crippen LogP contribution in [0.2, 0.25) is 0 Å². The number of benzene rings is 2. The van der Waals surface area contributed by atoms with Crippen molar-refractivity contribution in [2.24, 2.45) is 0 Å². The molecule has 148 valence electrons. The molecule has 0 radical (unpaired) electrons. The van der Waals surface area contributed by atoms with E-state index in [0.717, 1.165) is 6.07 Å². The standard InChI is InChI=1S/C19H19NO8/c1-25-15-8-11(7-13(18(15)22)20(23)24)5-6-14(21)12-9-16(26-2)19(28-4)17(10-12)27-3/h5-10,22H,1-4H3. The number of hydrogen-bond acceptors (Lipinski definition) is 8. The molecule has 2 aromatic rings. The first-order valence-corrected chi connectivity index (χ1v) is 7.94. The summed E-state index contributed by atoms with van der Waals surface area (Å²) in [5.41, 5.74) is 0.0485. The molecule has 0 bridgehead atoms. The van der Waals surface area contributed by atoms with E-state index in [9.17, 15) is 20.0 Å². The second-order valence-corrected chi connectivity index (χ2v) is 5.46. The van der Waals surface area contributed by atoms with Gasteiger partial charge in [0.15, 0.2) is 23.0 Å². The lowest BCUT2D eigenvalue weighted by atomic mass is 10.1. The van der Waals surface area contributed by atoms with Crippen LogP contribution >= 0.6 is 0 Å². The van der Waals surface area contributed by atoms with Gasteiger partial charge in [-0.3, -0.25) is 14.9 Å². The zero-order valence-corrected chi connectivity index (χ0v) is 15.7.